The molecule has 0 bridgehead atoms. The van der Waals surface area contributed by atoms with Gasteiger partial charge in [-0.25, -0.2) is 0 Å². The molecule has 0 aromatic rings. The van der Waals surface area contributed by atoms with Crippen LogP contribution in [0.3, 0.4) is 0 Å². The van der Waals surface area contributed by atoms with Gasteiger partial charge in [0.2, 0.25) is 0 Å². The molecule has 0 spiro atoms. The fraction of sp³-hybridized carbons (Fsp3) is 1.00. The number of hydrogen-bond acceptors (Lipinski definition) is 2. The van der Waals surface area contributed by atoms with Gasteiger partial charge in [0.25, 0.3) is 6.29 Å². The lowest BCUT2D eigenvalue weighted by Crippen LogP contribution is -2.27. The largest absolute Gasteiger partial charge is 0.439 e. The molecule has 2 N–H and O–H groups in total. The first-order chi connectivity index (χ1) is 2.94. The smallest absolute Gasteiger partial charge is 0.361 e. The molecule has 0 radical (unpaired) electrons. The summed E-state index contributed by atoms with van der Waals surface area (Å²) in [6.07, 6.45) is -8.09. The third kappa shape index (κ3) is 2.41. The van der Waals surface area contributed by atoms with Gasteiger partial charge in [-0.3, -0.25) is 0 Å². The van der Waals surface area contributed by atoms with E-state index in [-0.39, 0.29) is 0 Å². The first kappa shape index (κ1) is 6.71. The molecule has 0 aromatic heterocycles. The zero-order valence-corrected chi connectivity index (χ0v) is 3.11. The lowest BCUT2D eigenvalue weighted by atomic mass is 10.6. The molecular weight excluding hydrogens is 113 g/mol. The second-order valence-corrected chi connectivity index (χ2v) is 0.915. The predicted octanol–water partition coefficient (Wildman–Crippen LogP) is -0.141. The summed E-state index contributed by atoms with van der Waals surface area (Å²) in [5.74, 6) is 0. The molecule has 0 rings (SSSR count). The number of halogens is 3. The van der Waals surface area contributed by atoms with Crippen LogP contribution in [0, 0.1) is 0 Å². The highest BCUT2D eigenvalue weighted by atomic mass is 19.4. The van der Waals surface area contributed by atoms with E-state index in [9.17, 15) is 13.2 Å². The van der Waals surface area contributed by atoms with Gasteiger partial charge in [0.1, 0.15) is 0 Å². The fourth-order valence-electron chi connectivity index (χ4n) is 0. The first-order valence-electron chi connectivity index (χ1n) is 1.37. The number of aliphatic hydroxyl groups is 2. The number of aliphatic hydroxyl groups excluding tert-OH is 1. The van der Waals surface area contributed by atoms with Gasteiger partial charge in [0.05, 0.1) is 0 Å². The summed E-state index contributed by atoms with van der Waals surface area (Å²) in [5, 5.41) is 14.6. The zero-order chi connectivity index (χ0) is 6.08. The fourth-order valence-corrected chi connectivity index (χ4v) is 0. The van der Waals surface area contributed by atoms with Crippen molar-refractivity contribution in [2.75, 3.05) is 0 Å². The van der Waals surface area contributed by atoms with Crippen LogP contribution in [-0.4, -0.2) is 22.7 Å². The predicted molar refractivity (Wildman–Crippen MR) is 14.3 cm³/mol. The summed E-state index contributed by atoms with van der Waals surface area (Å²) < 4.78 is 32.0. The van der Waals surface area contributed by atoms with Crippen LogP contribution in [0.25, 0.3) is 0 Å². The maximum absolute atomic E-state index is 10.7. The molecule has 0 aromatic carbocycles. The normalized spacial score (nSPS) is 12.9. The molecule has 44 valence electrons. The molecule has 0 saturated heterocycles. The molecule has 5 heteroatoms. The molecule has 7 heavy (non-hydrogen) atoms. The first-order valence-corrected chi connectivity index (χ1v) is 1.37. The van der Waals surface area contributed by atoms with Crippen LogP contribution in [0.5, 0.6) is 0 Å². The van der Waals surface area contributed by atoms with Crippen LogP contribution in [0.1, 0.15) is 0 Å². The van der Waals surface area contributed by atoms with Gasteiger partial charge in [-0.15, -0.1) is 0 Å². The van der Waals surface area contributed by atoms with Crippen molar-refractivity contribution in [2.24, 2.45) is 0 Å². The van der Waals surface area contributed by atoms with Crippen LogP contribution in [0.15, 0.2) is 0 Å². The Labute approximate surface area is 37.2 Å². The average molecular weight is 116 g/mol. The van der Waals surface area contributed by atoms with Crippen molar-refractivity contribution in [3.63, 3.8) is 0 Å². The minimum absolute atomic E-state index is 3.20. The Morgan fingerprint density at radius 1 is 1.14 bits per heavy atom. The molecule has 0 aliphatic carbocycles. The van der Waals surface area contributed by atoms with Crippen molar-refractivity contribution in [2.45, 2.75) is 12.5 Å². The van der Waals surface area contributed by atoms with Crippen molar-refractivity contribution in [3.05, 3.63) is 0 Å². The Morgan fingerprint density at radius 3 is 1.29 bits per heavy atom. The Balaban J connectivity index is 3.54. The van der Waals surface area contributed by atoms with E-state index in [1.165, 1.54) is 0 Å². The van der Waals surface area contributed by atoms with Gasteiger partial charge in [-0.05, 0) is 0 Å². The van der Waals surface area contributed by atoms with Crippen molar-refractivity contribution < 1.29 is 23.4 Å². The number of hydrogen-bond donors (Lipinski definition) is 2. The third-order valence-electron chi connectivity index (χ3n) is 0.293. The second kappa shape index (κ2) is 1.67. The summed E-state index contributed by atoms with van der Waals surface area (Å²) >= 11 is 0. The molecule has 0 atom stereocenters. The van der Waals surface area contributed by atoms with Gasteiger partial charge in [0, 0.05) is 0 Å². The standard InChI is InChI=1S/C2H3F3O2/c3-2(4,5)1(6)7/h1,6-7H. The van der Waals surface area contributed by atoms with E-state index in [0.29, 0.717) is 0 Å². The van der Waals surface area contributed by atoms with Gasteiger partial charge in [0.15, 0.2) is 0 Å². The maximum Gasteiger partial charge on any atom is 0.439 e. The molecule has 0 saturated carbocycles. The maximum atomic E-state index is 10.7. The molecule has 0 heterocycles. The number of alkyl halides is 3. The van der Waals surface area contributed by atoms with Crippen molar-refractivity contribution in [3.8, 4) is 0 Å². The van der Waals surface area contributed by atoms with E-state index >= 15 is 0 Å². The van der Waals surface area contributed by atoms with Crippen LogP contribution >= 0.6 is 0 Å². The van der Waals surface area contributed by atoms with Gasteiger partial charge < -0.3 is 10.2 Å². The summed E-state index contributed by atoms with van der Waals surface area (Å²) in [4.78, 5) is 0. The Bertz CT molecular complexity index is 56.4. The second-order valence-electron chi connectivity index (χ2n) is 0.915. The molecule has 2 nitrogen and oxygen atoms in total. The van der Waals surface area contributed by atoms with E-state index in [2.05, 4.69) is 0 Å². The zero-order valence-electron chi connectivity index (χ0n) is 3.11. The molecule has 0 aliphatic heterocycles. The van der Waals surface area contributed by atoms with Gasteiger partial charge in [-0.1, -0.05) is 0 Å². The van der Waals surface area contributed by atoms with E-state index in [1.54, 1.807) is 0 Å². The van der Waals surface area contributed by atoms with Crippen molar-refractivity contribution in [1.82, 2.24) is 0 Å². The van der Waals surface area contributed by atoms with E-state index in [0.717, 1.165) is 0 Å². The van der Waals surface area contributed by atoms with E-state index < -0.39 is 12.5 Å². The highest BCUT2D eigenvalue weighted by Crippen LogP contribution is 2.16. The molecule has 0 fully saturated rings. The minimum atomic E-state index is -4.89. The summed E-state index contributed by atoms with van der Waals surface area (Å²) in [7, 11) is 0. The van der Waals surface area contributed by atoms with Crippen molar-refractivity contribution in [1.29, 1.82) is 0 Å². The molecular formula is C2H3F3O2. The highest BCUT2D eigenvalue weighted by molar-refractivity contribution is 4.47. The Kier molecular flexibility index (Phi) is 1.60. The lowest BCUT2D eigenvalue weighted by Gasteiger charge is -2.05. The highest BCUT2D eigenvalue weighted by Gasteiger charge is 2.36. The van der Waals surface area contributed by atoms with E-state index in [4.69, 9.17) is 10.2 Å². The third-order valence-corrected chi connectivity index (χ3v) is 0.293. The van der Waals surface area contributed by atoms with Gasteiger partial charge in [-0.2, -0.15) is 13.2 Å². The van der Waals surface area contributed by atoms with Crippen LogP contribution in [0.2, 0.25) is 0 Å². The van der Waals surface area contributed by atoms with E-state index in [1.807, 2.05) is 0 Å². The van der Waals surface area contributed by atoms with Crippen LogP contribution in [-0.2, 0) is 0 Å². The Hall–Kier alpha value is -0.290. The topological polar surface area (TPSA) is 40.5 Å². The molecule has 0 unspecified atom stereocenters. The average Bonchev–Trinajstić information content (AvgIpc) is 1.31. The van der Waals surface area contributed by atoms with Crippen LogP contribution < -0.4 is 0 Å². The molecule has 0 aliphatic rings. The summed E-state index contributed by atoms with van der Waals surface area (Å²) in [6, 6.07) is 0. The van der Waals surface area contributed by atoms with Crippen LogP contribution in [0.4, 0.5) is 13.2 Å². The lowest BCUT2D eigenvalue weighted by molar-refractivity contribution is -0.275. The summed E-state index contributed by atoms with van der Waals surface area (Å²) in [6.45, 7) is 0. The SMILES string of the molecule is OC(O)C(F)(F)F. The quantitative estimate of drug-likeness (QED) is 0.432. The van der Waals surface area contributed by atoms with Crippen molar-refractivity contribution >= 4 is 0 Å². The van der Waals surface area contributed by atoms with Gasteiger partial charge >= 0.3 is 6.18 Å². The molecule has 0 amide bonds. The summed E-state index contributed by atoms with van der Waals surface area (Å²) in [5.41, 5.74) is 0. The monoisotopic (exact) mass is 116 g/mol. The minimum Gasteiger partial charge on any atom is -0.361 e. The Morgan fingerprint density at radius 2 is 1.29 bits per heavy atom. The number of rotatable bonds is 0.